The topological polar surface area (TPSA) is 151 Å². The fourth-order valence-electron chi connectivity index (χ4n) is 5.38. The molecule has 1 heterocycles. The molecule has 0 bridgehead atoms. The van der Waals surface area contributed by atoms with E-state index in [4.69, 9.17) is 20.6 Å². The van der Waals surface area contributed by atoms with E-state index in [1.807, 2.05) is 30.3 Å². The van der Waals surface area contributed by atoms with Crippen LogP contribution in [0.5, 0.6) is 11.5 Å². The second-order valence-corrected chi connectivity index (χ2v) is 9.90. The van der Waals surface area contributed by atoms with Gasteiger partial charge < -0.3 is 34.6 Å². The Kier molecular flexibility index (Phi) is 9.34. The molecule has 1 aliphatic heterocycles. The normalized spacial score (nSPS) is 21.0. The standard InChI is InChI=1S/C30H32N2O9/c1-2-39-22-11-13-25(28(36)37)30(19-22)29(38)32(30)15-7-6-14-31-26(33)24-18-21(10-12-23(24)27(34)35)41-17-16-40-20-8-4-3-5-9-20/h1,3-5,8-10,12,18,22,25H,6-7,11,13-17,19H2,(H,31,33)(H,34,35)(H,36,37). The van der Waals surface area contributed by atoms with Crippen molar-refractivity contribution in [3.8, 4) is 24.0 Å². The monoisotopic (exact) mass is 564 g/mol. The third kappa shape index (κ3) is 6.72. The van der Waals surface area contributed by atoms with Gasteiger partial charge in [-0.2, -0.15) is 0 Å². The molecule has 0 aromatic heterocycles. The minimum Gasteiger partial charge on any atom is -0.490 e. The van der Waals surface area contributed by atoms with Crippen LogP contribution >= 0.6 is 0 Å². The van der Waals surface area contributed by atoms with Crippen LogP contribution in [0.1, 0.15) is 52.8 Å². The number of hydrogen-bond donors (Lipinski definition) is 3. The van der Waals surface area contributed by atoms with Crippen LogP contribution in [0.4, 0.5) is 0 Å². The summed E-state index contributed by atoms with van der Waals surface area (Å²) >= 11 is 0. The van der Waals surface area contributed by atoms with Crippen molar-refractivity contribution in [1.29, 1.82) is 0 Å². The van der Waals surface area contributed by atoms with Crippen molar-refractivity contribution in [2.45, 2.75) is 43.7 Å². The van der Waals surface area contributed by atoms with Crippen LogP contribution in [0.2, 0.25) is 0 Å². The summed E-state index contributed by atoms with van der Waals surface area (Å²) < 4.78 is 16.4. The number of carboxylic acids is 2. The molecule has 1 spiro atoms. The third-order valence-electron chi connectivity index (χ3n) is 7.40. The van der Waals surface area contributed by atoms with Crippen LogP contribution in [0.15, 0.2) is 48.5 Å². The number of aliphatic carboxylic acids is 1. The zero-order chi connectivity index (χ0) is 29.4. The number of terminal acetylenes is 1. The van der Waals surface area contributed by atoms with E-state index in [1.54, 1.807) is 4.90 Å². The molecule has 1 aliphatic carbocycles. The molecule has 2 aromatic carbocycles. The highest BCUT2D eigenvalue weighted by Crippen LogP contribution is 2.51. The van der Waals surface area contributed by atoms with E-state index >= 15 is 0 Å². The second kappa shape index (κ2) is 13.1. The number of unbranched alkanes of at least 4 members (excludes halogenated alkanes) is 1. The summed E-state index contributed by atoms with van der Waals surface area (Å²) in [5.74, 6) is -2.85. The first-order valence-electron chi connectivity index (χ1n) is 13.4. The summed E-state index contributed by atoms with van der Waals surface area (Å²) in [4.78, 5) is 50.6. The van der Waals surface area contributed by atoms with Crippen LogP contribution in [0.25, 0.3) is 0 Å². The Balaban J connectivity index is 1.26. The third-order valence-corrected chi connectivity index (χ3v) is 7.40. The van der Waals surface area contributed by atoms with Crippen molar-refractivity contribution in [2.24, 2.45) is 5.92 Å². The summed E-state index contributed by atoms with van der Waals surface area (Å²) in [6.45, 7) is 1.01. The number of hydrogen-bond acceptors (Lipinski definition) is 7. The maximum atomic E-state index is 12.8. The summed E-state index contributed by atoms with van der Waals surface area (Å²) in [7, 11) is 0. The molecule has 2 amide bonds. The van der Waals surface area contributed by atoms with Gasteiger partial charge in [0.1, 0.15) is 42.5 Å². The average molecular weight is 565 g/mol. The van der Waals surface area contributed by atoms with E-state index in [9.17, 15) is 29.4 Å². The van der Waals surface area contributed by atoms with Crippen LogP contribution in [-0.4, -0.2) is 76.8 Å². The van der Waals surface area contributed by atoms with Crippen molar-refractivity contribution in [1.82, 2.24) is 10.2 Å². The number of benzene rings is 2. The Hall–Kier alpha value is -4.72. The SMILES string of the molecule is C#COC1CCC(C(=O)O)C2(C1)C(=O)N2CCCCNC(=O)c1cc(OCCOc2ccccc2)ccc1C(=O)O. The van der Waals surface area contributed by atoms with E-state index in [2.05, 4.69) is 11.4 Å². The maximum absolute atomic E-state index is 12.8. The highest BCUT2D eigenvalue weighted by Gasteiger charge is 2.70. The van der Waals surface area contributed by atoms with Gasteiger partial charge in [-0.1, -0.05) is 24.6 Å². The number of aromatic carboxylic acids is 1. The van der Waals surface area contributed by atoms with Gasteiger partial charge in [0.2, 0.25) is 0 Å². The molecule has 2 fully saturated rings. The van der Waals surface area contributed by atoms with E-state index in [1.165, 1.54) is 18.2 Å². The largest absolute Gasteiger partial charge is 0.490 e. The van der Waals surface area contributed by atoms with Gasteiger partial charge in [0.05, 0.1) is 17.0 Å². The molecule has 216 valence electrons. The molecule has 3 unspecified atom stereocenters. The molecule has 2 aromatic rings. The number of nitrogens with zero attached hydrogens (tertiary/aromatic N) is 1. The van der Waals surface area contributed by atoms with Gasteiger partial charge in [-0.05, 0) is 56.0 Å². The first kappa shape index (κ1) is 29.3. The summed E-state index contributed by atoms with van der Waals surface area (Å²) in [5.41, 5.74) is -1.30. The second-order valence-electron chi connectivity index (χ2n) is 9.90. The van der Waals surface area contributed by atoms with Crippen molar-refractivity contribution in [2.75, 3.05) is 26.3 Å². The van der Waals surface area contributed by atoms with Crippen LogP contribution in [0, 0.1) is 18.4 Å². The molecular weight excluding hydrogens is 532 g/mol. The lowest BCUT2D eigenvalue weighted by molar-refractivity contribution is -0.146. The number of para-hydroxylation sites is 1. The molecule has 1 saturated carbocycles. The smallest absolute Gasteiger partial charge is 0.336 e. The molecule has 3 N–H and O–H groups in total. The molecular formula is C30H32N2O9. The molecule has 0 radical (unpaired) electrons. The quantitative estimate of drug-likeness (QED) is 0.179. The molecule has 11 nitrogen and oxygen atoms in total. The predicted molar refractivity (Wildman–Crippen MR) is 146 cm³/mol. The first-order valence-corrected chi connectivity index (χ1v) is 13.4. The lowest BCUT2D eigenvalue weighted by Crippen LogP contribution is -2.43. The zero-order valence-electron chi connectivity index (χ0n) is 22.4. The van der Waals surface area contributed by atoms with E-state index in [-0.39, 0.29) is 49.3 Å². The van der Waals surface area contributed by atoms with Gasteiger partial charge >= 0.3 is 11.9 Å². The molecule has 1 saturated heterocycles. The highest BCUT2D eigenvalue weighted by atomic mass is 16.5. The Bertz CT molecular complexity index is 1320. The Morgan fingerprint density at radius 3 is 2.41 bits per heavy atom. The molecule has 11 heteroatoms. The van der Waals surface area contributed by atoms with Crippen molar-refractivity contribution < 1.29 is 43.6 Å². The van der Waals surface area contributed by atoms with Gasteiger partial charge in [0, 0.05) is 19.5 Å². The first-order chi connectivity index (χ1) is 19.8. The number of ether oxygens (including phenoxy) is 3. The van der Waals surface area contributed by atoms with Crippen LogP contribution < -0.4 is 14.8 Å². The maximum Gasteiger partial charge on any atom is 0.336 e. The zero-order valence-corrected chi connectivity index (χ0v) is 22.4. The van der Waals surface area contributed by atoms with E-state index < -0.39 is 29.3 Å². The minimum atomic E-state index is -1.24. The van der Waals surface area contributed by atoms with E-state index in [0.29, 0.717) is 43.7 Å². The Morgan fingerprint density at radius 1 is 1.00 bits per heavy atom. The lowest BCUT2D eigenvalue weighted by atomic mass is 9.76. The van der Waals surface area contributed by atoms with Gasteiger partial charge in [-0.3, -0.25) is 14.4 Å². The fraction of sp³-hybridized carbons (Fsp3) is 0.400. The van der Waals surface area contributed by atoms with Gasteiger partial charge in [-0.25, -0.2) is 4.79 Å². The molecule has 2 aliphatic rings. The van der Waals surface area contributed by atoms with Crippen molar-refractivity contribution in [3.63, 3.8) is 0 Å². The molecule has 4 rings (SSSR count). The van der Waals surface area contributed by atoms with Gasteiger partial charge in [0.25, 0.3) is 11.8 Å². The van der Waals surface area contributed by atoms with Gasteiger partial charge in [-0.15, -0.1) is 0 Å². The average Bonchev–Trinajstić information content (AvgIpc) is 3.50. The number of carboxylic acid groups (broad SMARTS) is 2. The number of nitrogens with one attached hydrogen (secondary N) is 1. The summed E-state index contributed by atoms with van der Waals surface area (Å²) in [5, 5.41) is 21.9. The summed E-state index contributed by atoms with van der Waals surface area (Å²) in [6.07, 6.45) is 8.99. The Labute approximate surface area is 237 Å². The summed E-state index contributed by atoms with van der Waals surface area (Å²) in [6, 6.07) is 13.4. The molecule has 3 atom stereocenters. The lowest BCUT2D eigenvalue weighted by Gasteiger charge is -2.31. The van der Waals surface area contributed by atoms with Gasteiger partial charge in [0.15, 0.2) is 0 Å². The molecule has 41 heavy (non-hydrogen) atoms. The number of carbonyl (C=O) groups excluding carboxylic acids is 2. The Morgan fingerprint density at radius 2 is 1.73 bits per heavy atom. The van der Waals surface area contributed by atoms with Crippen LogP contribution in [-0.2, 0) is 14.3 Å². The van der Waals surface area contributed by atoms with Crippen molar-refractivity contribution in [3.05, 3.63) is 59.7 Å². The number of amides is 2. The van der Waals surface area contributed by atoms with Crippen LogP contribution in [0.3, 0.4) is 0 Å². The minimum absolute atomic E-state index is 0.0369. The fourth-order valence-corrected chi connectivity index (χ4v) is 5.38. The van der Waals surface area contributed by atoms with Crippen molar-refractivity contribution >= 4 is 23.8 Å². The van der Waals surface area contributed by atoms with E-state index in [0.717, 1.165) is 0 Å². The number of rotatable bonds is 14. The number of carbonyl (C=O) groups is 4. The highest BCUT2D eigenvalue weighted by molar-refractivity contribution is 6.06. The predicted octanol–water partition coefficient (Wildman–Crippen LogP) is 2.79.